The molecule has 0 unspecified atom stereocenters. The molecule has 0 aliphatic rings. The number of nitrogens with zero attached hydrogens (tertiary/aromatic N) is 4. The molecule has 3 rings (SSSR count). The van der Waals surface area contributed by atoms with Crippen LogP contribution in [0.4, 0.5) is 0 Å². The van der Waals surface area contributed by atoms with Crippen molar-refractivity contribution in [2.24, 2.45) is 5.73 Å². The van der Waals surface area contributed by atoms with Gasteiger partial charge in [0.2, 0.25) is 11.8 Å². The summed E-state index contributed by atoms with van der Waals surface area (Å²) in [5, 5.41) is 10.1. The molecule has 2 aromatic carbocycles. The van der Waals surface area contributed by atoms with E-state index in [0.717, 1.165) is 5.69 Å². The molecule has 162 valence electrons. The van der Waals surface area contributed by atoms with E-state index in [1.807, 2.05) is 48.7 Å². The third-order valence-corrected chi connectivity index (χ3v) is 5.88. The van der Waals surface area contributed by atoms with Crippen LogP contribution >= 0.6 is 35.0 Å². The second-order valence-electron chi connectivity index (χ2n) is 6.97. The normalized spacial score (nSPS) is 11.0. The van der Waals surface area contributed by atoms with Crippen LogP contribution in [-0.4, -0.2) is 49.8 Å². The van der Waals surface area contributed by atoms with Crippen LogP contribution in [0, 0.1) is 0 Å². The number of aromatic nitrogens is 3. The van der Waals surface area contributed by atoms with Crippen LogP contribution in [0.3, 0.4) is 0 Å². The number of benzene rings is 2. The zero-order valence-corrected chi connectivity index (χ0v) is 19.3. The number of amides is 2. The fraction of sp³-hybridized carbons (Fsp3) is 0.238. The lowest BCUT2D eigenvalue weighted by atomic mass is 10.2. The van der Waals surface area contributed by atoms with E-state index in [1.54, 1.807) is 18.2 Å². The van der Waals surface area contributed by atoms with Crippen LogP contribution in [0.5, 0.6) is 0 Å². The van der Waals surface area contributed by atoms with E-state index in [9.17, 15) is 9.59 Å². The molecule has 10 heteroatoms. The zero-order chi connectivity index (χ0) is 22.5. The van der Waals surface area contributed by atoms with Crippen LogP contribution in [0.25, 0.3) is 17.1 Å². The maximum atomic E-state index is 12.7. The van der Waals surface area contributed by atoms with Crippen molar-refractivity contribution in [2.45, 2.75) is 25.0 Å². The third-order valence-electron chi connectivity index (χ3n) is 4.41. The van der Waals surface area contributed by atoms with E-state index in [-0.39, 0.29) is 24.2 Å². The molecule has 1 heterocycles. The number of hydrogen-bond donors (Lipinski definition) is 1. The Hall–Kier alpha value is -2.55. The molecule has 31 heavy (non-hydrogen) atoms. The molecule has 0 aliphatic heterocycles. The lowest BCUT2D eigenvalue weighted by Gasteiger charge is -2.25. The topological polar surface area (TPSA) is 94.1 Å². The first-order valence-electron chi connectivity index (χ1n) is 9.44. The molecular weight excluding hydrogens is 457 g/mol. The predicted molar refractivity (Wildman–Crippen MR) is 124 cm³/mol. The van der Waals surface area contributed by atoms with E-state index in [1.165, 1.54) is 16.7 Å². The van der Waals surface area contributed by atoms with E-state index < -0.39 is 5.91 Å². The van der Waals surface area contributed by atoms with Crippen molar-refractivity contribution in [3.63, 3.8) is 0 Å². The van der Waals surface area contributed by atoms with Gasteiger partial charge in [0.1, 0.15) is 0 Å². The van der Waals surface area contributed by atoms with Crippen molar-refractivity contribution >= 4 is 46.8 Å². The Bertz CT molecular complexity index is 1090. The first-order chi connectivity index (χ1) is 14.8. The quantitative estimate of drug-likeness (QED) is 0.493. The Morgan fingerprint density at radius 2 is 1.84 bits per heavy atom. The number of nitrogens with two attached hydrogens (primary N) is 1. The standard InChI is InChI=1S/C21H21Cl2N5O2S/c1-13(2)27(11-18(24)29)19(30)12-31-21-26-25-20(16-9-8-14(22)10-17(16)23)28(21)15-6-4-3-5-7-15/h3-10,13H,11-12H2,1-2H3,(H2,24,29). The van der Waals surface area contributed by atoms with Crippen molar-refractivity contribution < 1.29 is 9.59 Å². The lowest BCUT2D eigenvalue weighted by Crippen LogP contribution is -2.43. The summed E-state index contributed by atoms with van der Waals surface area (Å²) in [6.45, 7) is 3.53. The molecule has 0 aliphatic carbocycles. The molecule has 0 saturated carbocycles. The van der Waals surface area contributed by atoms with Crippen LogP contribution in [0.2, 0.25) is 10.0 Å². The summed E-state index contributed by atoms with van der Waals surface area (Å²) in [6.07, 6.45) is 0. The Labute approximate surface area is 194 Å². The highest BCUT2D eigenvalue weighted by Gasteiger charge is 2.22. The Morgan fingerprint density at radius 1 is 1.13 bits per heavy atom. The molecule has 2 amide bonds. The minimum atomic E-state index is -0.556. The number of carbonyl (C=O) groups excluding carboxylic acids is 2. The van der Waals surface area contributed by atoms with Crippen molar-refractivity contribution in [2.75, 3.05) is 12.3 Å². The highest BCUT2D eigenvalue weighted by Crippen LogP contribution is 2.33. The number of carbonyl (C=O) groups is 2. The van der Waals surface area contributed by atoms with Gasteiger partial charge in [0, 0.05) is 22.3 Å². The van der Waals surface area contributed by atoms with Gasteiger partial charge in [-0.05, 0) is 44.2 Å². The largest absolute Gasteiger partial charge is 0.368 e. The summed E-state index contributed by atoms with van der Waals surface area (Å²) in [6, 6.07) is 14.5. The molecular formula is C21H21Cl2N5O2S. The monoisotopic (exact) mass is 477 g/mol. The van der Waals surface area contributed by atoms with Gasteiger partial charge in [-0.15, -0.1) is 10.2 Å². The molecule has 0 atom stereocenters. The number of para-hydroxylation sites is 1. The van der Waals surface area contributed by atoms with Crippen LogP contribution in [0.1, 0.15) is 13.8 Å². The van der Waals surface area contributed by atoms with Gasteiger partial charge in [-0.2, -0.15) is 0 Å². The molecule has 0 spiro atoms. The summed E-state index contributed by atoms with van der Waals surface area (Å²) in [4.78, 5) is 25.5. The summed E-state index contributed by atoms with van der Waals surface area (Å²) < 4.78 is 1.83. The van der Waals surface area contributed by atoms with Gasteiger partial charge in [-0.25, -0.2) is 0 Å². The Kier molecular flexibility index (Phi) is 7.59. The molecule has 1 aromatic heterocycles. The fourth-order valence-corrected chi connectivity index (χ4v) is 4.29. The molecule has 0 saturated heterocycles. The molecule has 7 nitrogen and oxygen atoms in total. The molecule has 0 bridgehead atoms. The highest BCUT2D eigenvalue weighted by atomic mass is 35.5. The van der Waals surface area contributed by atoms with E-state index in [2.05, 4.69) is 10.2 Å². The first kappa shape index (κ1) is 23.1. The number of rotatable bonds is 8. The maximum absolute atomic E-state index is 12.7. The summed E-state index contributed by atoms with van der Waals surface area (Å²) in [7, 11) is 0. The van der Waals surface area contributed by atoms with Crippen molar-refractivity contribution in [3.8, 4) is 17.1 Å². The van der Waals surface area contributed by atoms with Crippen molar-refractivity contribution in [1.82, 2.24) is 19.7 Å². The van der Waals surface area contributed by atoms with Gasteiger partial charge < -0.3 is 10.6 Å². The molecule has 2 N–H and O–H groups in total. The van der Waals surface area contributed by atoms with Gasteiger partial charge >= 0.3 is 0 Å². The Balaban J connectivity index is 1.95. The fourth-order valence-electron chi connectivity index (χ4n) is 2.95. The van der Waals surface area contributed by atoms with Gasteiger partial charge in [0.25, 0.3) is 0 Å². The van der Waals surface area contributed by atoms with Crippen molar-refractivity contribution in [1.29, 1.82) is 0 Å². The molecule has 0 radical (unpaired) electrons. The first-order valence-corrected chi connectivity index (χ1v) is 11.2. The second kappa shape index (κ2) is 10.2. The van der Waals surface area contributed by atoms with Gasteiger partial charge in [-0.3, -0.25) is 14.2 Å². The second-order valence-corrected chi connectivity index (χ2v) is 8.76. The number of hydrogen-bond acceptors (Lipinski definition) is 5. The average Bonchev–Trinajstić information content (AvgIpc) is 3.14. The minimum absolute atomic E-state index is 0.0742. The lowest BCUT2D eigenvalue weighted by molar-refractivity contribution is -0.134. The molecule has 0 fully saturated rings. The summed E-state index contributed by atoms with van der Waals surface area (Å²) in [5.74, 6) is -0.169. The predicted octanol–water partition coefficient (Wildman–Crippen LogP) is 4.06. The zero-order valence-electron chi connectivity index (χ0n) is 17.0. The van der Waals surface area contributed by atoms with Crippen molar-refractivity contribution in [3.05, 3.63) is 58.6 Å². The average molecular weight is 478 g/mol. The maximum Gasteiger partial charge on any atom is 0.237 e. The van der Waals surface area contributed by atoms with E-state index in [0.29, 0.717) is 26.6 Å². The SMILES string of the molecule is CC(C)N(CC(N)=O)C(=O)CSc1nnc(-c2ccc(Cl)cc2Cl)n1-c1ccccc1. The van der Waals surface area contributed by atoms with Crippen LogP contribution < -0.4 is 5.73 Å². The van der Waals surface area contributed by atoms with E-state index >= 15 is 0 Å². The summed E-state index contributed by atoms with van der Waals surface area (Å²) >= 11 is 13.7. The summed E-state index contributed by atoms with van der Waals surface area (Å²) in [5.41, 5.74) is 6.77. The van der Waals surface area contributed by atoms with Gasteiger partial charge in [0.15, 0.2) is 11.0 Å². The van der Waals surface area contributed by atoms with Crippen LogP contribution in [0.15, 0.2) is 53.7 Å². The third kappa shape index (κ3) is 5.58. The Morgan fingerprint density at radius 3 is 2.45 bits per heavy atom. The number of thioether (sulfide) groups is 1. The highest BCUT2D eigenvalue weighted by molar-refractivity contribution is 7.99. The molecule has 3 aromatic rings. The number of halogens is 2. The van der Waals surface area contributed by atoms with Crippen LogP contribution in [-0.2, 0) is 9.59 Å². The minimum Gasteiger partial charge on any atom is -0.368 e. The van der Waals surface area contributed by atoms with Gasteiger partial charge in [-0.1, -0.05) is 53.2 Å². The number of primary amides is 1. The smallest absolute Gasteiger partial charge is 0.237 e. The van der Waals surface area contributed by atoms with Gasteiger partial charge in [0.05, 0.1) is 17.3 Å². The van der Waals surface area contributed by atoms with E-state index in [4.69, 9.17) is 28.9 Å².